The SMILES string of the molecule is CCc1ccc(CC)c(/C(C)=N/NCc2ccc(OC)c(OC)c2)c1. The molecule has 4 heteroatoms. The number of nitrogens with one attached hydrogen (secondary N) is 1. The van der Waals surface area contributed by atoms with E-state index in [1.807, 2.05) is 18.2 Å². The van der Waals surface area contributed by atoms with Crippen LogP contribution in [0.1, 0.15) is 43.0 Å². The molecule has 0 radical (unpaired) electrons. The van der Waals surface area contributed by atoms with Gasteiger partial charge in [-0.15, -0.1) is 0 Å². The molecule has 0 unspecified atom stereocenters. The fraction of sp³-hybridized carbons (Fsp3) is 0.381. The molecule has 0 fully saturated rings. The van der Waals surface area contributed by atoms with Crippen LogP contribution in [0.15, 0.2) is 41.5 Å². The largest absolute Gasteiger partial charge is 0.493 e. The first-order valence-corrected chi connectivity index (χ1v) is 8.73. The topological polar surface area (TPSA) is 42.9 Å². The zero-order valence-corrected chi connectivity index (χ0v) is 15.8. The fourth-order valence-electron chi connectivity index (χ4n) is 2.79. The molecule has 0 saturated carbocycles. The van der Waals surface area contributed by atoms with Crippen molar-refractivity contribution in [3.8, 4) is 11.5 Å². The van der Waals surface area contributed by atoms with Crippen LogP contribution in [0, 0.1) is 0 Å². The molecule has 4 nitrogen and oxygen atoms in total. The van der Waals surface area contributed by atoms with E-state index in [1.54, 1.807) is 14.2 Å². The van der Waals surface area contributed by atoms with Gasteiger partial charge in [0.2, 0.25) is 0 Å². The van der Waals surface area contributed by atoms with E-state index in [2.05, 4.69) is 49.5 Å². The number of ether oxygens (including phenoxy) is 2. The van der Waals surface area contributed by atoms with Crippen LogP contribution in [0.5, 0.6) is 11.5 Å². The molecule has 0 amide bonds. The Labute approximate surface area is 150 Å². The molecule has 0 aliphatic carbocycles. The maximum absolute atomic E-state index is 5.34. The Morgan fingerprint density at radius 3 is 2.28 bits per heavy atom. The lowest BCUT2D eigenvalue weighted by Gasteiger charge is -2.11. The number of benzene rings is 2. The summed E-state index contributed by atoms with van der Waals surface area (Å²) in [7, 11) is 3.28. The summed E-state index contributed by atoms with van der Waals surface area (Å²) in [5.74, 6) is 1.46. The molecule has 0 heterocycles. The minimum Gasteiger partial charge on any atom is -0.493 e. The number of hydrazone groups is 1. The van der Waals surface area contributed by atoms with Crippen LogP contribution in [0.3, 0.4) is 0 Å². The lowest BCUT2D eigenvalue weighted by molar-refractivity contribution is 0.354. The van der Waals surface area contributed by atoms with E-state index < -0.39 is 0 Å². The summed E-state index contributed by atoms with van der Waals surface area (Å²) in [5, 5.41) is 4.57. The van der Waals surface area contributed by atoms with Gasteiger partial charge in [0.25, 0.3) is 0 Å². The van der Waals surface area contributed by atoms with Crippen molar-refractivity contribution in [1.82, 2.24) is 5.43 Å². The summed E-state index contributed by atoms with van der Waals surface area (Å²) in [5.41, 5.74) is 9.15. The van der Waals surface area contributed by atoms with E-state index in [1.165, 1.54) is 16.7 Å². The number of aryl methyl sites for hydroxylation is 2. The molecule has 2 aromatic carbocycles. The molecule has 0 saturated heterocycles. The maximum Gasteiger partial charge on any atom is 0.161 e. The zero-order chi connectivity index (χ0) is 18.2. The molecule has 134 valence electrons. The van der Waals surface area contributed by atoms with Crippen molar-refractivity contribution in [2.24, 2.45) is 5.10 Å². The molecule has 25 heavy (non-hydrogen) atoms. The van der Waals surface area contributed by atoms with Crippen molar-refractivity contribution in [2.45, 2.75) is 40.2 Å². The van der Waals surface area contributed by atoms with Crippen molar-refractivity contribution >= 4 is 5.71 Å². The summed E-state index contributed by atoms with van der Waals surface area (Å²) >= 11 is 0. The van der Waals surface area contributed by atoms with Crippen LogP contribution in [0.25, 0.3) is 0 Å². The van der Waals surface area contributed by atoms with Crippen LogP contribution < -0.4 is 14.9 Å². The molecule has 0 aromatic heterocycles. The minimum atomic E-state index is 0.632. The monoisotopic (exact) mass is 340 g/mol. The van der Waals surface area contributed by atoms with Crippen molar-refractivity contribution in [3.05, 3.63) is 58.7 Å². The third-order valence-corrected chi connectivity index (χ3v) is 4.33. The van der Waals surface area contributed by atoms with Crippen LogP contribution >= 0.6 is 0 Å². The van der Waals surface area contributed by atoms with Crippen molar-refractivity contribution in [3.63, 3.8) is 0 Å². The Kier molecular flexibility index (Phi) is 6.87. The summed E-state index contributed by atoms with van der Waals surface area (Å²) < 4.78 is 10.6. The lowest BCUT2D eigenvalue weighted by Crippen LogP contribution is -2.11. The molecule has 2 aromatic rings. The minimum absolute atomic E-state index is 0.632. The first-order chi connectivity index (χ1) is 12.1. The highest BCUT2D eigenvalue weighted by Gasteiger charge is 2.07. The molecule has 0 spiro atoms. The normalized spacial score (nSPS) is 11.3. The smallest absolute Gasteiger partial charge is 0.161 e. The molecule has 0 aliphatic heterocycles. The van der Waals surface area contributed by atoms with Crippen LogP contribution in [-0.4, -0.2) is 19.9 Å². The van der Waals surface area contributed by atoms with Gasteiger partial charge in [0.15, 0.2) is 11.5 Å². The van der Waals surface area contributed by atoms with E-state index in [4.69, 9.17) is 9.47 Å². The van der Waals surface area contributed by atoms with Gasteiger partial charge in [0, 0.05) is 5.56 Å². The maximum atomic E-state index is 5.34. The first kappa shape index (κ1) is 18.8. The van der Waals surface area contributed by atoms with Crippen molar-refractivity contribution in [2.75, 3.05) is 14.2 Å². The van der Waals surface area contributed by atoms with Gasteiger partial charge in [-0.1, -0.05) is 32.0 Å². The van der Waals surface area contributed by atoms with Crippen LogP contribution in [0.2, 0.25) is 0 Å². The van der Waals surface area contributed by atoms with E-state index in [0.29, 0.717) is 6.54 Å². The van der Waals surface area contributed by atoms with Gasteiger partial charge in [-0.25, -0.2) is 0 Å². The highest BCUT2D eigenvalue weighted by atomic mass is 16.5. The van der Waals surface area contributed by atoms with Crippen molar-refractivity contribution < 1.29 is 9.47 Å². The number of rotatable bonds is 8. The molecular weight excluding hydrogens is 312 g/mol. The predicted octanol–water partition coefficient (Wildman–Crippen LogP) is 4.34. The quantitative estimate of drug-likeness (QED) is 0.574. The van der Waals surface area contributed by atoms with Gasteiger partial charge in [-0.3, -0.25) is 0 Å². The molecular formula is C21H28N2O2. The van der Waals surface area contributed by atoms with E-state index in [-0.39, 0.29) is 0 Å². The average Bonchev–Trinajstić information content (AvgIpc) is 2.67. The second-order valence-electron chi connectivity index (χ2n) is 5.92. The average molecular weight is 340 g/mol. The second kappa shape index (κ2) is 9.11. The first-order valence-electron chi connectivity index (χ1n) is 8.73. The Hall–Kier alpha value is -2.49. The number of hydrogen-bond donors (Lipinski definition) is 1. The van der Waals surface area contributed by atoms with E-state index >= 15 is 0 Å². The molecule has 1 N–H and O–H groups in total. The van der Waals surface area contributed by atoms with Crippen LogP contribution in [-0.2, 0) is 19.4 Å². The Morgan fingerprint density at radius 1 is 0.920 bits per heavy atom. The summed E-state index contributed by atoms with van der Waals surface area (Å²) in [4.78, 5) is 0. The van der Waals surface area contributed by atoms with Gasteiger partial charge >= 0.3 is 0 Å². The van der Waals surface area contributed by atoms with E-state index in [9.17, 15) is 0 Å². The fourth-order valence-corrected chi connectivity index (χ4v) is 2.79. The van der Waals surface area contributed by atoms with Crippen molar-refractivity contribution in [1.29, 1.82) is 0 Å². The third kappa shape index (κ3) is 4.75. The van der Waals surface area contributed by atoms with E-state index in [0.717, 1.165) is 35.6 Å². The van der Waals surface area contributed by atoms with Gasteiger partial charge in [0.1, 0.15) is 0 Å². The number of nitrogens with zero attached hydrogens (tertiary/aromatic N) is 1. The highest BCUT2D eigenvalue weighted by Crippen LogP contribution is 2.27. The third-order valence-electron chi connectivity index (χ3n) is 4.33. The van der Waals surface area contributed by atoms with Gasteiger partial charge < -0.3 is 14.9 Å². The number of methoxy groups -OCH3 is 2. The Morgan fingerprint density at radius 2 is 1.64 bits per heavy atom. The summed E-state index contributed by atoms with van der Waals surface area (Å²) in [6.45, 7) is 7.03. The Bertz CT molecular complexity index is 739. The molecule has 0 atom stereocenters. The van der Waals surface area contributed by atoms with Gasteiger partial charge in [-0.2, -0.15) is 5.10 Å². The van der Waals surface area contributed by atoms with Crippen LogP contribution in [0.4, 0.5) is 0 Å². The highest BCUT2D eigenvalue weighted by molar-refractivity contribution is 6.00. The number of hydrogen-bond acceptors (Lipinski definition) is 4. The lowest BCUT2D eigenvalue weighted by atomic mass is 9.98. The predicted molar refractivity (Wildman–Crippen MR) is 104 cm³/mol. The summed E-state index contributed by atoms with van der Waals surface area (Å²) in [6, 6.07) is 12.5. The molecule has 0 bridgehead atoms. The molecule has 2 rings (SSSR count). The standard InChI is InChI=1S/C21H28N2O2/c1-6-16-8-10-18(7-2)19(12-16)15(3)23-22-14-17-9-11-20(24-4)21(13-17)25-5/h8-13,22H,6-7,14H2,1-5H3/b23-15+. The van der Waals surface area contributed by atoms with Gasteiger partial charge in [-0.05, 0) is 54.7 Å². The zero-order valence-electron chi connectivity index (χ0n) is 15.8. The summed E-state index contributed by atoms with van der Waals surface area (Å²) in [6.07, 6.45) is 2.03. The molecule has 0 aliphatic rings. The second-order valence-corrected chi connectivity index (χ2v) is 5.92. The van der Waals surface area contributed by atoms with Gasteiger partial charge in [0.05, 0.1) is 26.5 Å². The Balaban J connectivity index is 2.12.